The van der Waals surface area contributed by atoms with Crippen molar-refractivity contribution in [3.05, 3.63) is 84.4 Å². The molecule has 0 fully saturated rings. The maximum absolute atomic E-state index is 13.3. The first-order valence-electron chi connectivity index (χ1n) is 10.2. The summed E-state index contributed by atoms with van der Waals surface area (Å²) >= 11 is 0. The fraction of sp³-hybridized carbons (Fsp3) is 0.174. The minimum Gasteiger partial charge on any atom is -0.497 e. The first-order valence-corrected chi connectivity index (χ1v) is 13.2. The van der Waals surface area contributed by atoms with Gasteiger partial charge in [-0.3, -0.25) is 4.79 Å². The number of primary sulfonamides is 1. The second-order valence-electron chi connectivity index (χ2n) is 7.37. The van der Waals surface area contributed by atoms with E-state index in [1.54, 1.807) is 0 Å². The fourth-order valence-corrected chi connectivity index (χ4v) is 5.08. The second-order valence-corrected chi connectivity index (χ2v) is 10.9. The molecule has 0 atom stereocenters. The van der Waals surface area contributed by atoms with E-state index in [0.717, 1.165) is 9.87 Å². The van der Waals surface area contributed by atoms with Crippen molar-refractivity contribution in [3.63, 3.8) is 0 Å². The zero-order valence-corrected chi connectivity index (χ0v) is 20.1. The third-order valence-electron chi connectivity index (χ3n) is 4.98. The van der Waals surface area contributed by atoms with Crippen LogP contribution < -0.4 is 15.2 Å². The van der Waals surface area contributed by atoms with Crippen LogP contribution in [0.1, 0.15) is 5.56 Å². The molecule has 34 heavy (non-hydrogen) atoms. The summed E-state index contributed by atoms with van der Waals surface area (Å²) in [6.07, 6.45) is 0.409. The van der Waals surface area contributed by atoms with E-state index in [-0.39, 0.29) is 16.3 Å². The van der Waals surface area contributed by atoms with Gasteiger partial charge >= 0.3 is 0 Å². The molecule has 0 saturated carbocycles. The summed E-state index contributed by atoms with van der Waals surface area (Å²) < 4.78 is 55.6. The predicted octanol–water partition coefficient (Wildman–Crippen LogP) is 2.21. The van der Waals surface area contributed by atoms with E-state index < -0.39 is 32.5 Å². The van der Waals surface area contributed by atoms with E-state index in [9.17, 15) is 21.6 Å². The van der Waals surface area contributed by atoms with Crippen molar-refractivity contribution < 1.29 is 26.4 Å². The highest BCUT2D eigenvalue weighted by molar-refractivity contribution is 7.89. The molecule has 0 aliphatic carbocycles. The van der Waals surface area contributed by atoms with Gasteiger partial charge in [-0.25, -0.2) is 22.0 Å². The molecule has 3 rings (SSSR count). The number of hydrogen-bond donors (Lipinski definition) is 2. The normalized spacial score (nSPS) is 11.9. The number of methoxy groups -OCH3 is 1. The van der Waals surface area contributed by atoms with E-state index in [1.165, 1.54) is 55.6 Å². The summed E-state index contributed by atoms with van der Waals surface area (Å²) in [6.45, 7) is -0.353. The van der Waals surface area contributed by atoms with E-state index in [4.69, 9.17) is 9.88 Å². The minimum atomic E-state index is -3.99. The van der Waals surface area contributed by atoms with Gasteiger partial charge in [-0.05, 0) is 60.5 Å². The Morgan fingerprint density at radius 2 is 1.47 bits per heavy atom. The van der Waals surface area contributed by atoms with Crippen LogP contribution in [0.3, 0.4) is 0 Å². The lowest BCUT2D eigenvalue weighted by molar-refractivity contribution is -0.116. The number of ether oxygens (including phenoxy) is 1. The van der Waals surface area contributed by atoms with E-state index in [0.29, 0.717) is 17.9 Å². The smallest absolute Gasteiger partial charge is 0.243 e. The van der Waals surface area contributed by atoms with Crippen molar-refractivity contribution in [1.82, 2.24) is 4.31 Å². The molecule has 3 aromatic carbocycles. The summed E-state index contributed by atoms with van der Waals surface area (Å²) in [5, 5.41) is 7.67. The van der Waals surface area contributed by atoms with Gasteiger partial charge in [0.25, 0.3) is 0 Å². The van der Waals surface area contributed by atoms with Crippen LogP contribution >= 0.6 is 0 Å². The number of carbonyl (C=O) groups is 1. The lowest BCUT2D eigenvalue weighted by Crippen LogP contribution is -2.39. The van der Waals surface area contributed by atoms with Gasteiger partial charge in [0.05, 0.1) is 23.4 Å². The molecule has 0 bridgehead atoms. The Hall–Kier alpha value is -3.25. The topological polar surface area (TPSA) is 136 Å². The van der Waals surface area contributed by atoms with Gasteiger partial charge in [0, 0.05) is 12.2 Å². The molecule has 0 aromatic heterocycles. The molecule has 0 unspecified atom stereocenters. The molecular formula is C23H25N3O6S2. The standard InChI is InChI=1S/C23H25N3O6S2/c1-32-20-9-13-22(14-10-20)34(30,31)26(16-15-18-5-3-2-4-6-18)17-23(27)25-19-7-11-21(12-8-19)33(24,28)29/h2-14H,15-17H2,1H3,(H,25,27)(H2,24,28,29). The van der Waals surface area contributed by atoms with E-state index >= 15 is 0 Å². The second kappa shape index (κ2) is 10.8. The van der Waals surface area contributed by atoms with Gasteiger partial charge < -0.3 is 10.1 Å². The van der Waals surface area contributed by atoms with Gasteiger partial charge in [0.2, 0.25) is 26.0 Å². The summed E-state index contributed by atoms with van der Waals surface area (Å²) in [5.74, 6) is -0.0658. The number of amides is 1. The van der Waals surface area contributed by atoms with Crippen molar-refractivity contribution in [2.75, 3.05) is 25.5 Å². The van der Waals surface area contributed by atoms with Gasteiger partial charge in [-0.15, -0.1) is 0 Å². The average Bonchev–Trinajstić information content (AvgIpc) is 2.82. The highest BCUT2D eigenvalue weighted by Crippen LogP contribution is 2.20. The maximum atomic E-state index is 13.3. The molecule has 9 nitrogen and oxygen atoms in total. The number of hydrogen-bond acceptors (Lipinski definition) is 6. The molecule has 0 heterocycles. The van der Waals surface area contributed by atoms with Crippen molar-refractivity contribution in [3.8, 4) is 5.75 Å². The number of rotatable bonds is 10. The Bertz CT molecular complexity index is 1330. The number of sulfonamides is 2. The van der Waals surface area contributed by atoms with Crippen LogP contribution in [0.25, 0.3) is 0 Å². The summed E-state index contributed by atoms with van der Waals surface area (Å²) in [6, 6.07) is 20.5. The highest BCUT2D eigenvalue weighted by Gasteiger charge is 2.26. The van der Waals surface area contributed by atoms with Crippen LogP contribution in [0.5, 0.6) is 5.75 Å². The third kappa shape index (κ3) is 6.64. The first kappa shape index (κ1) is 25.4. The predicted molar refractivity (Wildman–Crippen MR) is 128 cm³/mol. The van der Waals surface area contributed by atoms with Gasteiger partial charge in [-0.2, -0.15) is 4.31 Å². The molecule has 11 heteroatoms. The number of nitrogens with zero attached hydrogens (tertiary/aromatic N) is 1. The quantitative estimate of drug-likeness (QED) is 0.435. The molecule has 0 aliphatic rings. The van der Waals surface area contributed by atoms with Crippen LogP contribution in [0.15, 0.2) is 88.7 Å². The van der Waals surface area contributed by atoms with E-state index in [2.05, 4.69) is 5.32 Å². The minimum absolute atomic E-state index is 0.0340. The lowest BCUT2D eigenvalue weighted by Gasteiger charge is -2.22. The molecular weight excluding hydrogens is 478 g/mol. The van der Waals surface area contributed by atoms with Crippen LogP contribution in [-0.4, -0.2) is 47.2 Å². The Balaban J connectivity index is 1.80. The van der Waals surface area contributed by atoms with Gasteiger partial charge in [0.15, 0.2) is 0 Å². The SMILES string of the molecule is COc1ccc(S(=O)(=O)N(CCc2ccccc2)CC(=O)Nc2ccc(S(N)(=O)=O)cc2)cc1. The summed E-state index contributed by atoms with van der Waals surface area (Å²) in [7, 11) is -6.37. The van der Waals surface area contributed by atoms with Crippen LogP contribution in [0.2, 0.25) is 0 Å². The number of anilines is 1. The molecule has 0 radical (unpaired) electrons. The zero-order valence-electron chi connectivity index (χ0n) is 18.4. The molecule has 0 aliphatic heterocycles. The van der Waals surface area contributed by atoms with E-state index in [1.807, 2.05) is 30.3 Å². The van der Waals surface area contributed by atoms with Crippen LogP contribution in [0, 0.1) is 0 Å². The van der Waals surface area contributed by atoms with Crippen LogP contribution in [0.4, 0.5) is 5.69 Å². The Morgan fingerprint density at radius 3 is 2.03 bits per heavy atom. The monoisotopic (exact) mass is 503 g/mol. The lowest BCUT2D eigenvalue weighted by atomic mass is 10.1. The Labute approximate surface area is 199 Å². The molecule has 1 amide bonds. The molecule has 180 valence electrons. The molecule has 0 saturated heterocycles. The molecule has 0 spiro atoms. The molecule has 3 aromatic rings. The van der Waals surface area contributed by atoms with Crippen molar-refractivity contribution in [2.45, 2.75) is 16.2 Å². The van der Waals surface area contributed by atoms with Crippen molar-refractivity contribution in [1.29, 1.82) is 0 Å². The first-order chi connectivity index (χ1) is 16.1. The van der Waals surface area contributed by atoms with Crippen molar-refractivity contribution >= 4 is 31.6 Å². The Kier molecular flexibility index (Phi) is 8.05. The number of nitrogens with two attached hydrogens (primary N) is 1. The zero-order chi connectivity index (χ0) is 24.8. The highest BCUT2D eigenvalue weighted by atomic mass is 32.2. The number of benzene rings is 3. The fourth-order valence-electron chi connectivity index (χ4n) is 3.17. The number of nitrogens with one attached hydrogen (secondary N) is 1. The number of carbonyl (C=O) groups excluding carboxylic acids is 1. The van der Waals surface area contributed by atoms with Gasteiger partial charge in [-0.1, -0.05) is 30.3 Å². The molecule has 3 N–H and O–H groups in total. The van der Waals surface area contributed by atoms with Crippen LogP contribution in [-0.2, 0) is 31.3 Å². The van der Waals surface area contributed by atoms with Gasteiger partial charge in [0.1, 0.15) is 5.75 Å². The summed E-state index contributed by atoms with van der Waals surface area (Å²) in [5.41, 5.74) is 1.23. The third-order valence-corrected chi connectivity index (χ3v) is 7.77. The average molecular weight is 504 g/mol. The largest absolute Gasteiger partial charge is 0.497 e. The Morgan fingerprint density at radius 1 is 0.882 bits per heavy atom. The summed E-state index contributed by atoms with van der Waals surface area (Å²) in [4.78, 5) is 12.6. The maximum Gasteiger partial charge on any atom is 0.243 e. The van der Waals surface area contributed by atoms with Crippen molar-refractivity contribution in [2.24, 2.45) is 5.14 Å².